The van der Waals surface area contributed by atoms with Gasteiger partial charge in [0.05, 0.1) is 11.4 Å². The number of benzene rings is 2. The van der Waals surface area contributed by atoms with Gasteiger partial charge in [-0.05, 0) is 71.8 Å². The van der Waals surface area contributed by atoms with Crippen LogP contribution in [0.4, 0.5) is 11.4 Å². The molecule has 0 saturated heterocycles. The van der Waals surface area contributed by atoms with E-state index in [-0.39, 0.29) is 33.9 Å². The molecule has 2 aromatic heterocycles. The summed E-state index contributed by atoms with van der Waals surface area (Å²) in [4.78, 5) is 32.5. The normalized spacial score (nSPS) is 16.4. The molecule has 0 aliphatic heterocycles. The van der Waals surface area contributed by atoms with Crippen molar-refractivity contribution in [1.29, 1.82) is 0 Å². The van der Waals surface area contributed by atoms with Crippen LogP contribution < -0.4 is 10.9 Å². The van der Waals surface area contributed by atoms with Crippen molar-refractivity contribution in [2.24, 2.45) is 10.2 Å². The molecule has 0 bridgehead atoms. The number of nitrogens with zero attached hydrogens (tertiary/aromatic N) is 4. The number of carbonyl (C=O) groups is 2. The number of hydrogen-bond donors (Lipinski definition) is 4. The minimum absolute atomic E-state index is 0.00511. The van der Waals surface area contributed by atoms with Crippen molar-refractivity contribution >= 4 is 76.6 Å². The number of pyridine rings is 2. The number of Topliss-reactive ketones (excluding diaryl/α,β-unsaturated/α-hetero) is 2. The molecule has 14 nitrogen and oxygen atoms in total. The van der Waals surface area contributed by atoms with Gasteiger partial charge in [-0.15, -0.1) is 0 Å². The second-order valence-corrected chi connectivity index (χ2v) is 13.0. The van der Waals surface area contributed by atoms with E-state index in [1.807, 2.05) is 12.2 Å². The molecule has 0 amide bonds. The van der Waals surface area contributed by atoms with Gasteiger partial charge >= 0.3 is 0 Å². The minimum Gasteiger partial charge on any atom is -0.285 e. The molecule has 16 heteroatoms. The van der Waals surface area contributed by atoms with Crippen LogP contribution in [0.15, 0.2) is 108 Å². The van der Waals surface area contributed by atoms with Crippen LogP contribution in [-0.2, 0) is 20.2 Å². The summed E-state index contributed by atoms with van der Waals surface area (Å²) in [5, 5.41) is 8.06. The van der Waals surface area contributed by atoms with Gasteiger partial charge in [-0.3, -0.25) is 39.5 Å². The third-order valence-electron chi connectivity index (χ3n) is 7.03. The zero-order valence-electron chi connectivity index (χ0n) is 24.3. The summed E-state index contributed by atoms with van der Waals surface area (Å²) in [7, 11) is -9.28. The highest BCUT2D eigenvalue weighted by molar-refractivity contribution is 7.95. The number of ketones is 2. The Hall–Kier alpha value is -5.94. The minimum atomic E-state index is -4.64. The van der Waals surface area contributed by atoms with Crippen LogP contribution in [0, 0.1) is 0 Å². The highest BCUT2D eigenvalue weighted by atomic mass is 32.2. The molecule has 0 fully saturated rings. The number of allylic oxidation sites excluding steroid dienone is 2. The molecule has 6 rings (SSSR count). The lowest BCUT2D eigenvalue weighted by molar-refractivity contribution is 0.105. The summed E-state index contributed by atoms with van der Waals surface area (Å²) in [6, 6.07) is 19.6. The highest BCUT2D eigenvalue weighted by Crippen LogP contribution is 2.29. The van der Waals surface area contributed by atoms with E-state index in [4.69, 9.17) is 0 Å². The number of rotatable bonds is 8. The first-order chi connectivity index (χ1) is 22.9. The molecule has 2 aliphatic carbocycles. The quantitative estimate of drug-likeness (QED) is 0.115. The number of anilines is 2. The monoisotopic (exact) mass is 682 g/mol. The van der Waals surface area contributed by atoms with Crippen molar-refractivity contribution in [1.82, 2.24) is 9.97 Å². The zero-order valence-corrected chi connectivity index (χ0v) is 26.0. The van der Waals surface area contributed by atoms with Crippen molar-refractivity contribution in [2.75, 3.05) is 10.9 Å². The molecule has 2 heterocycles. The summed E-state index contributed by atoms with van der Waals surface area (Å²) in [6.45, 7) is 0. The van der Waals surface area contributed by atoms with Crippen molar-refractivity contribution in [3.8, 4) is 0 Å². The fourth-order valence-corrected chi connectivity index (χ4v) is 6.13. The summed E-state index contributed by atoms with van der Waals surface area (Å²) in [6.07, 6.45) is 8.35. The second kappa shape index (κ2) is 12.7. The Kier molecular flexibility index (Phi) is 8.46. The lowest BCUT2D eigenvalue weighted by Crippen LogP contribution is -2.23. The number of fused-ring (bicyclic) bond motifs is 2. The van der Waals surface area contributed by atoms with Gasteiger partial charge in [0.2, 0.25) is 11.6 Å². The average Bonchev–Trinajstić information content (AvgIpc) is 3.07. The van der Waals surface area contributed by atoms with Crippen molar-refractivity contribution in [3.63, 3.8) is 0 Å². The Morgan fingerprint density at radius 1 is 0.583 bits per heavy atom. The molecule has 0 radical (unpaired) electrons. The summed E-state index contributed by atoms with van der Waals surface area (Å²) < 4.78 is 66.8. The third kappa shape index (κ3) is 6.76. The summed E-state index contributed by atoms with van der Waals surface area (Å²) >= 11 is 0. The topological polar surface area (TPSA) is 217 Å². The predicted octanol–water partition coefficient (Wildman–Crippen LogP) is 4.43. The van der Waals surface area contributed by atoms with Gasteiger partial charge in [-0.2, -0.15) is 27.0 Å². The first-order valence-corrected chi connectivity index (χ1v) is 16.7. The molecule has 2 aliphatic rings. The van der Waals surface area contributed by atoms with Crippen LogP contribution >= 0.6 is 0 Å². The molecule has 48 heavy (non-hydrogen) atoms. The third-order valence-corrected chi connectivity index (χ3v) is 8.82. The fraction of sp³-hybridized carbons (Fsp3) is 0. The van der Waals surface area contributed by atoms with Gasteiger partial charge in [0, 0.05) is 23.5 Å². The van der Waals surface area contributed by atoms with E-state index in [9.17, 15) is 35.5 Å². The Labute approximate surface area is 273 Å². The average molecular weight is 683 g/mol. The molecule has 0 saturated carbocycles. The molecule has 0 atom stereocenters. The lowest BCUT2D eigenvalue weighted by atomic mass is 10.00. The van der Waals surface area contributed by atoms with Gasteiger partial charge in [0.1, 0.15) is 32.6 Å². The van der Waals surface area contributed by atoms with Gasteiger partial charge in [0.25, 0.3) is 20.2 Å². The molecule has 4 N–H and O–H groups in total. The van der Waals surface area contributed by atoms with E-state index in [1.54, 1.807) is 48.5 Å². The molecule has 2 aromatic carbocycles. The van der Waals surface area contributed by atoms with Crippen LogP contribution in [0.5, 0.6) is 0 Å². The zero-order chi connectivity index (χ0) is 34.1. The van der Waals surface area contributed by atoms with E-state index in [0.717, 1.165) is 23.3 Å². The summed E-state index contributed by atoms with van der Waals surface area (Å²) in [5.74, 6) is -1.21. The fourth-order valence-electron chi connectivity index (χ4n) is 4.72. The standard InChI is InChI=1S/C32H22N6O8S2/c39-31-25(17-27(47(41,42)43)23-3-1-15-33-29(23)31)37-35-21-11-7-19(8-12-21)5-6-20-9-13-22(14-10-20)36-38-26-18-28(48(44,45)46)24-4-2-16-34-30(24)32(26)40/h1-18,35-36H,(H,41,42,43)(H,44,45,46). The van der Waals surface area contributed by atoms with Gasteiger partial charge < -0.3 is 0 Å². The van der Waals surface area contributed by atoms with E-state index < -0.39 is 41.6 Å². The van der Waals surface area contributed by atoms with Gasteiger partial charge in [-0.1, -0.05) is 36.4 Å². The van der Waals surface area contributed by atoms with E-state index in [1.165, 1.54) is 36.7 Å². The van der Waals surface area contributed by atoms with Crippen molar-refractivity contribution in [2.45, 2.75) is 0 Å². The Balaban J connectivity index is 1.11. The van der Waals surface area contributed by atoms with Gasteiger partial charge in [-0.25, -0.2) is 0 Å². The van der Waals surface area contributed by atoms with Crippen LogP contribution in [-0.4, -0.2) is 58.9 Å². The number of hydrazone groups is 2. The van der Waals surface area contributed by atoms with Gasteiger partial charge in [0.15, 0.2) is 0 Å². The number of nitrogens with one attached hydrogen (secondary N) is 2. The predicted molar refractivity (Wildman–Crippen MR) is 180 cm³/mol. The second-order valence-electron chi connectivity index (χ2n) is 10.2. The van der Waals surface area contributed by atoms with E-state index in [0.29, 0.717) is 11.4 Å². The SMILES string of the molecule is O=C1C(=NNc2ccc(C=Cc3ccc(NN=C4C=C(S(=O)(=O)O)c5cccnc5C4=O)cc3)cc2)C=C(S(=O)(=O)O)c2cccnc21. The van der Waals surface area contributed by atoms with Crippen LogP contribution in [0.25, 0.3) is 22.0 Å². The molecule has 0 unspecified atom stereocenters. The first kappa shape index (κ1) is 32.0. The first-order valence-electron chi connectivity index (χ1n) is 13.8. The number of carbonyl (C=O) groups excluding carboxylic acids is 2. The Morgan fingerprint density at radius 3 is 1.31 bits per heavy atom. The van der Waals surface area contributed by atoms with Crippen LogP contribution in [0.3, 0.4) is 0 Å². The van der Waals surface area contributed by atoms with Crippen molar-refractivity contribution < 1.29 is 35.5 Å². The molecular formula is C32H22N6O8S2. The van der Waals surface area contributed by atoms with Crippen LogP contribution in [0.2, 0.25) is 0 Å². The molecule has 4 aromatic rings. The molecule has 0 spiro atoms. The summed E-state index contributed by atoms with van der Waals surface area (Å²) in [5.41, 5.74) is 7.33. The van der Waals surface area contributed by atoms with E-state index >= 15 is 0 Å². The molecular weight excluding hydrogens is 661 g/mol. The maximum atomic E-state index is 12.8. The van der Waals surface area contributed by atoms with Crippen LogP contribution in [0.1, 0.15) is 43.2 Å². The highest BCUT2D eigenvalue weighted by Gasteiger charge is 2.32. The molecule has 240 valence electrons. The maximum Gasteiger partial charge on any atom is 0.295 e. The smallest absolute Gasteiger partial charge is 0.285 e. The number of hydrogen-bond acceptors (Lipinski definition) is 12. The van der Waals surface area contributed by atoms with Crippen molar-refractivity contribution in [3.05, 3.63) is 131 Å². The lowest BCUT2D eigenvalue weighted by Gasteiger charge is -2.15. The maximum absolute atomic E-state index is 12.8. The largest absolute Gasteiger partial charge is 0.295 e. The Morgan fingerprint density at radius 2 is 0.958 bits per heavy atom. The Bertz CT molecular complexity index is 2200. The number of aromatic nitrogens is 2. The van der Waals surface area contributed by atoms with E-state index in [2.05, 4.69) is 31.0 Å².